The molecule has 2 aromatic rings. The minimum Gasteiger partial charge on any atom is -0.507 e. The van der Waals surface area contributed by atoms with Gasteiger partial charge in [0, 0.05) is 0 Å². The number of amides is 2. The van der Waals surface area contributed by atoms with Gasteiger partial charge in [0.25, 0.3) is 11.1 Å². The first-order chi connectivity index (χ1) is 12.4. The highest BCUT2D eigenvalue weighted by molar-refractivity contribution is 8.18. The molecular weight excluding hydrogens is 350 g/mol. The molecule has 0 atom stereocenters. The van der Waals surface area contributed by atoms with E-state index < -0.39 is 5.91 Å². The molecule has 0 saturated carbocycles. The highest BCUT2D eigenvalue weighted by Crippen LogP contribution is 2.25. The molecule has 1 aliphatic heterocycles. The smallest absolute Gasteiger partial charge is 0.290 e. The second-order valence-electron chi connectivity index (χ2n) is 5.74. The fourth-order valence-electron chi connectivity index (χ4n) is 2.38. The number of allylic oxidation sites excluding steroid dienone is 1. The topological polar surface area (TPSA) is 83.5 Å². The molecule has 3 rings (SSSR count). The Hall–Kier alpha value is -3.12. The second kappa shape index (κ2) is 7.41. The number of imide groups is 1. The van der Waals surface area contributed by atoms with Gasteiger partial charge in [0.05, 0.1) is 10.5 Å². The molecule has 5 nitrogen and oxygen atoms in total. The van der Waals surface area contributed by atoms with Crippen LogP contribution in [-0.4, -0.2) is 22.0 Å². The Bertz CT molecular complexity index is 958. The number of benzene rings is 2. The third kappa shape index (κ3) is 4.10. The lowest BCUT2D eigenvalue weighted by molar-refractivity contribution is -0.115. The van der Waals surface area contributed by atoms with Crippen molar-refractivity contribution in [1.29, 1.82) is 0 Å². The molecule has 0 unspecified atom stereocenters. The van der Waals surface area contributed by atoms with Gasteiger partial charge in [0.2, 0.25) is 0 Å². The molecule has 2 amide bonds. The number of phenolic OH excluding ortho intramolecular Hbond substituents is 1. The summed E-state index contributed by atoms with van der Waals surface area (Å²) >= 11 is 0.866. The Balaban J connectivity index is 1.73. The van der Waals surface area contributed by atoms with Crippen molar-refractivity contribution in [2.75, 3.05) is 0 Å². The molecule has 2 aromatic carbocycles. The summed E-state index contributed by atoms with van der Waals surface area (Å²) in [6.45, 7) is 1.85. The van der Waals surface area contributed by atoms with Crippen molar-refractivity contribution in [2.45, 2.75) is 6.92 Å². The van der Waals surface area contributed by atoms with E-state index in [9.17, 15) is 19.5 Å². The van der Waals surface area contributed by atoms with Gasteiger partial charge in [0.1, 0.15) is 5.75 Å². The maximum atomic E-state index is 12.2. The van der Waals surface area contributed by atoms with Crippen LogP contribution in [0.4, 0.5) is 4.79 Å². The molecule has 0 spiro atoms. The number of nitrogens with one attached hydrogen (secondary N) is 1. The van der Waals surface area contributed by atoms with Crippen molar-refractivity contribution in [3.05, 3.63) is 75.7 Å². The number of hydrogen-bond donors (Lipinski definition) is 2. The first-order valence-corrected chi connectivity index (χ1v) is 8.61. The van der Waals surface area contributed by atoms with E-state index in [1.165, 1.54) is 12.1 Å². The molecule has 1 saturated heterocycles. The van der Waals surface area contributed by atoms with Gasteiger partial charge in [0.15, 0.2) is 5.78 Å². The van der Waals surface area contributed by atoms with Crippen LogP contribution < -0.4 is 5.32 Å². The largest absolute Gasteiger partial charge is 0.507 e. The van der Waals surface area contributed by atoms with E-state index in [0.717, 1.165) is 28.5 Å². The molecule has 1 heterocycles. The summed E-state index contributed by atoms with van der Waals surface area (Å²) in [6.07, 6.45) is 4.69. The highest BCUT2D eigenvalue weighted by atomic mass is 32.2. The number of rotatable bonds is 4. The third-order valence-electron chi connectivity index (χ3n) is 3.72. The summed E-state index contributed by atoms with van der Waals surface area (Å²) in [7, 11) is 0. The van der Waals surface area contributed by atoms with Crippen LogP contribution in [0.15, 0.2) is 53.4 Å². The minimum atomic E-state index is -0.396. The van der Waals surface area contributed by atoms with Gasteiger partial charge in [-0.25, -0.2) is 0 Å². The van der Waals surface area contributed by atoms with Crippen molar-refractivity contribution < 1.29 is 19.5 Å². The van der Waals surface area contributed by atoms with Crippen LogP contribution in [-0.2, 0) is 4.79 Å². The zero-order chi connectivity index (χ0) is 18.7. The number of aromatic hydroxyl groups is 1. The fourth-order valence-corrected chi connectivity index (χ4v) is 3.07. The number of carbonyl (C=O) groups is 3. The Morgan fingerprint density at radius 3 is 2.42 bits per heavy atom. The lowest BCUT2D eigenvalue weighted by atomic mass is 10.0. The SMILES string of the molecule is Cc1ccc(O)c(C(=O)/C=C/c2ccc(/C=C3\SC(=O)NC3=O)cc2)c1. The summed E-state index contributed by atoms with van der Waals surface area (Å²) in [6, 6.07) is 12.1. The number of thioether (sulfide) groups is 1. The molecule has 0 radical (unpaired) electrons. The summed E-state index contributed by atoms with van der Waals surface area (Å²) < 4.78 is 0. The van der Waals surface area contributed by atoms with Gasteiger partial charge >= 0.3 is 0 Å². The second-order valence-corrected chi connectivity index (χ2v) is 6.75. The van der Waals surface area contributed by atoms with Gasteiger partial charge < -0.3 is 5.11 Å². The van der Waals surface area contributed by atoms with Crippen molar-refractivity contribution in [3.63, 3.8) is 0 Å². The Morgan fingerprint density at radius 2 is 1.77 bits per heavy atom. The molecule has 0 aromatic heterocycles. The third-order valence-corrected chi connectivity index (χ3v) is 4.53. The molecule has 1 aliphatic rings. The van der Waals surface area contributed by atoms with E-state index in [-0.39, 0.29) is 22.3 Å². The predicted molar refractivity (Wildman–Crippen MR) is 102 cm³/mol. The lowest BCUT2D eigenvalue weighted by Crippen LogP contribution is -2.17. The molecule has 130 valence electrons. The van der Waals surface area contributed by atoms with Crippen molar-refractivity contribution >= 4 is 40.8 Å². The quantitative estimate of drug-likeness (QED) is 0.634. The van der Waals surface area contributed by atoms with Gasteiger partial charge in [-0.3, -0.25) is 19.7 Å². The Morgan fingerprint density at radius 1 is 1.08 bits per heavy atom. The number of aryl methyl sites for hydroxylation is 1. The Kier molecular flexibility index (Phi) is 5.04. The van der Waals surface area contributed by atoms with Crippen LogP contribution in [0.1, 0.15) is 27.0 Å². The molecular formula is C20H15NO4S. The standard InChI is InChI=1S/C20H15NO4S/c1-12-2-8-16(22)15(10-12)17(23)9-7-13-3-5-14(6-4-13)11-18-19(24)21-20(25)26-18/h2-11,22H,1H3,(H,21,24,25)/b9-7+,18-11-. The monoisotopic (exact) mass is 365 g/mol. The van der Waals surface area contributed by atoms with Crippen LogP contribution in [0.5, 0.6) is 5.75 Å². The van der Waals surface area contributed by atoms with E-state index in [1.807, 2.05) is 6.92 Å². The zero-order valence-electron chi connectivity index (χ0n) is 13.9. The van der Waals surface area contributed by atoms with Crippen LogP contribution in [0.3, 0.4) is 0 Å². The maximum Gasteiger partial charge on any atom is 0.290 e. The summed E-state index contributed by atoms with van der Waals surface area (Å²) in [4.78, 5) is 35.2. The number of ketones is 1. The van der Waals surface area contributed by atoms with Gasteiger partial charge in [-0.05, 0) is 54.1 Å². The molecule has 0 bridgehead atoms. The van der Waals surface area contributed by atoms with Crippen LogP contribution in [0.2, 0.25) is 0 Å². The fraction of sp³-hybridized carbons (Fsp3) is 0.0500. The number of carbonyl (C=O) groups excluding carboxylic acids is 3. The predicted octanol–water partition coefficient (Wildman–Crippen LogP) is 3.92. The lowest BCUT2D eigenvalue weighted by Gasteiger charge is -2.02. The first-order valence-electron chi connectivity index (χ1n) is 7.79. The van der Waals surface area contributed by atoms with E-state index >= 15 is 0 Å². The summed E-state index contributed by atoms with van der Waals surface area (Å²) in [5.74, 6) is -0.725. The van der Waals surface area contributed by atoms with E-state index in [4.69, 9.17) is 0 Å². The van der Waals surface area contributed by atoms with Gasteiger partial charge in [-0.2, -0.15) is 0 Å². The Labute approximate surface area is 154 Å². The molecule has 2 N–H and O–H groups in total. The van der Waals surface area contributed by atoms with Crippen LogP contribution in [0.25, 0.3) is 12.2 Å². The summed E-state index contributed by atoms with van der Waals surface area (Å²) in [5, 5.41) is 11.6. The van der Waals surface area contributed by atoms with Crippen LogP contribution in [0, 0.1) is 6.92 Å². The molecule has 6 heteroatoms. The summed E-state index contributed by atoms with van der Waals surface area (Å²) in [5.41, 5.74) is 2.73. The van der Waals surface area contributed by atoms with Crippen molar-refractivity contribution in [1.82, 2.24) is 5.32 Å². The molecule has 0 aliphatic carbocycles. The average Bonchev–Trinajstić information content (AvgIpc) is 2.93. The average molecular weight is 365 g/mol. The number of hydrogen-bond acceptors (Lipinski definition) is 5. The first kappa shape index (κ1) is 17.7. The minimum absolute atomic E-state index is 0.0471. The maximum absolute atomic E-state index is 12.2. The van der Waals surface area contributed by atoms with Crippen LogP contribution >= 0.6 is 11.8 Å². The molecule has 1 fully saturated rings. The normalized spacial score (nSPS) is 15.7. The van der Waals surface area contributed by atoms with E-state index in [2.05, 4.69) is 5.32 Å². The van der Waals surface area contributed by atoms with Crippen molar-refractivity contribution in [2.24, 2.45) is 0 Å². The van der Waals surface area contributed by atoms with Gasteiger partial charge in [-0.1, -0.05) is 42.0 Å². The highest BCUT2D eigenvalue weighted by Gasteiger charge is 2.24. The van der Waals surface area contributed by atoms with E-state index in [1.54, 1.807) is 48.6 Å². The molecule has 26 heavy (non-hydrogen) atoms. The van der Waals surface area contributed by atoms with Crippen molar-refractivity contribution in [3.8, 4) is 5.75 Å². The van der Waals surface area contributed by atoms with Gasteiger partial charge in [-0.15, -0.1) is 0 Å². The zero-order valence-corrected chi connectivity index (χ0v) is 14.7. The van der Waals surface area contributed by atoms with E-state index in [0.29, 0.717) is 4.91 Å². The number of phenols is 1.